The van der Waals surface area contributed by atoms with Crippen LogP contribution in [0.3, 0.4) is 0 Å². The Hall–Kier alpha value is -4.70. The van der Waals surface area contributed by atoms with Gasteiger partial charge >= 0.3 is 0 Å². The Morgan fingerprint density at radius 3 is 2.19 bits per heavy atom. The SMILES string of the molecule is Cc1ccnc(-c2[c-]ccc(-c3ccc4oc(-c5ccncc5)cc4c3C)c2)c1.[Ir].[c-]1ccccc1-c1ccccn1. The molecule has 4 aromatic heterocycles. The number of nitrogens with zero attached hydrogens (tertiary/aromatic N) is 3. The summed E-state index contributed by atoms with van der Waals surface area (Å²) in [5, 5.41) is 1.12. The second-order valence-electron chi connectivity index (χ2n) is 9.70. The van der Waals surface area contributed by atoms with Crippen molar-refractivity contribution in [2.24, 2.45) is 0 Å². The molecular formula is C37H27IrN3O-2. The number of rotatable bonds is 4. The molecule has 0 spiro atoms. The van der Waals surface area contributed by atoms with Crippen LogP contribution < -0.4 is 0 Å². The van der Waals surface area contributed by atoms with Gasteiger partial charge in [-0.1, -0.05) is 29.8 Å². The quantitative estimate of drug-likeness (QED) is 0.170. The fourth-order valence-electron chi connectivity index (χ4n) is 4.76. The number of hydrogen-bond donors (Lipinski definition) is 0. The Kier molecular flexibility index (Phi) is 9.13. The van der Waals surface area contributed by atoms with Crippen molar-refractivity contribution in [3.8, 4) is 45.0 Å². The van der Waals surface area contributed by atoms with Gasteiger partial charge in [-0.2, -0.15) is 0 Å². The molecular weight excluding hydrogens is 695 g/mol. The molecule has 0 saturated heterocycles. The predicted molar refractivity (Wildman–Crippen MR) is 165 cm³/mol. The van der Waals surface area contributed by atoms with E-state index in [9.17, 15) is 0 Å². The van der Waals surface area contributed by atoms with E-state index >= 15 is 0 Å². The summed E-state index contributed by atoms with van der Waals surface area (Å²) in [7, 11) is 0. The summed E-state index contributed by atoms with van der Waals surface area (Å²) >= 11 is 0. The topological polar surface area (TPSA) is 51.8 Å². The summed E-state index contributed by atoms with van der Waals surface area (Å²) in [5.41, 5.74) is 10.6. The first kappa shape index (κ1) is 28.8. The number of pyridine rings is 3. The summed E-state index contributed by atoms with van der Waals surface area (Å²) in [6.45, 7) is 4.22. The fraction of sp³-hybridized carbons (Fsp3) is 0.0541. The van der Waals surface area contributed by atoms with Crippen LogP contribution in [0.15, 0.2) is 132 Å². The number of aromatic nitrogens is 3. The normalized spacial score (nSPS) is 10.4. The first-order valence-electron chi connectivity index (χ1n) is 13.4. The van der Waals surface area contributed by atoms with Gasteiger partial charge in [-0.3, -0.25) is 4.98 Å². The van der Waals surface area contributed by atoms with Crippen LogP contribution in [0.5, 0.6) is 0 Å². The molecule has 0 aliphatic heterocycles. The monoisotopic (exact) mass is 722 g/mol. The molecule has 0 aliphatic carbocycles. The first-order valence-corrected chi connectivity index (χ1v) is 13.4. The van der Waals surface area contributed by atoms with Crippen molar-refractivity contribution in [2.75, 3.05) is 0 Å². The number of hydrogen-bond acceptors (Lipinski definition) is 4. The molecule has 7 rings (SSSR count). The molecule has 7 aromatic rings. The van der Waals surface area contributed by atoms with Crippen molar-refractivity contribution in [2.45, 2.75) is 13.8 Å². The van der Waals surface area contributed by atoms with E-state index in [0.29, 0.717) is 0 Å². The van der Waals surface area contributed by atoms with E-state index in [2.05, 4.69) is 71.3 Å². The Bertz CT molecular complexity index is 1870. The number of furan rings is 1. The van der Waals surface area contributed by atoms with Crippen molar-refractivity contribution in [1.82, 2.24) is 15.0 Å². The molecule has 1 radical (unpaired) electrons. The smallest absolute Gasteiger partial charge is 0.135 e. The summed E-state index contributed by atoms with van der Waals surface area (Å²) in [6, 6.07) is 40.6. The molecule has 4 heterocycles. The fourth-order valence-corrected chi connectivity index (χ4v) is 4.76. The van der Waals surface area contributed by atoms with Gasteiger partial charge in [0.25, 0.3) is 0 Å². The van der Waals surface area contributed by atoms with E-state index in [1.54, 1.807) is 18.6 Å². The van der Waals surface area contributed by atoms with E-state index in [1.165, 1.54) is 16.7 Å². The molecule has 5 heteroatoms. The van der Waals surface area contributed by atoms with Crippen LogP contribution in [0.25, 0.3) is 55.9 Å². The third-order valence-electron chi connectivity index (χ3n) is 6.89. The van der Waals surface area contributed by atoms with Crippen LogP contribution in [-0.2, 0) is 20.1 Å². The van der Waals surface area contributed by atoms with E-state index in [4.69, 9.17) is 4.42 Å². The first-order chi connectivity index (χ1) is 20.2. The average Bonchev–Trinajstić information content (AvgIpc) is 3.49. The van der Waals surface area contributed by atoms with Gasteiger partial charge in [0.05, 0.1) is 0 Å². The second-order valence-corrected chi connectivity index (χ2v) is 9.70. The van der Waals surface area contributed by atoms with Crippen LogP contribution in [0.4, 0.5) is 0 Å². The molecule has 0 saturated carbocycles. The third-order valence-corrected chi connectivity index (χ3v) is 6.89. The van der Waals surface area contributed by atoms with Crippen LogP contribution >= 0.6 is 0 Å². The summed E-state index contributed by atoms with van der Waals surface area (Å²) in [4.78, 5) is 12.8. The number of aryl methyl sites for hydroxylation is 2. The maximum atomic E-state index is 6.09. The van der Waals surface area contributed by atoms with E-state index in [1.807, 2.05) is 79.0 Å². The zero-order valence-corrected chi connectivity index (χ0v) is 25.6. The second kappa shape index (κ2) is 13.3. The van der Waals surface area contributed by atoms with E-state index < -0.39 is 0 Å². The average molecular weight is 722 g/mol. The number of benzene rings is 3. The summed E-state index contributed by atoms with van der Waals surface area (Å²) in [5.74, 6) is 0.855. The van der Waals surface area contributed by atoms with Crippen LogP contribution in [-0.4, -0.2) is 15.0 Å². The minimum atomic E-state index is 0. The Labute approximate surface area is 259 Å². The molecule has 0 aliphatic rings. The Balaban J connectivity index is 0.000000228. The number of fused-ring (bicyclic) bond motifs is 1. The maximum absolute atomic E-state index is 6.09. The standard InChI is InChI=1S/C26H19N2O.C11H8N.Ir/c1-17-8-13-28-24(14-17)21-5-3-4-20(15-21)22-6-7-25-23(18(22)2)16-26(29-25)19-9-11-27-12-10-19;1-2-6-10(7-3-1)11-8-4-5-9-12-11;/h3-4,6-16H,1-2H3;1-6,8-9H;/q2*-1;. The zero-order valence-electron chi connectivity index (χ0n) is 23.2. The maximum Gasteiger partial charge on any atom is 0.135 e. The molecule has 0 fully saturated rings. The van der Waals surface area contributed by atoms with Gasteiger partial charge in [-0.25, -0.2) is 0 Å². The Morgan fingerprint density at radius 1 is 0.619 bits per heavy atom. The van der Waals surface area contributed by atoms with Gasteiger partial charge in [-0.05, 0) is 72.8 Å². The van der Waals surface area contributed by atoms with Gasteiger partial charge in [0.15, 0.2) is 0 Å². The van der Waals surface area contributed by atoms with Gasteiger partial charge in [0.1, 0.15) is 11.3 Å². The van der Waals surface area contributed by atoms with Crippen molar-refractivity contribution in [1.29, 1.82) is 0 Å². The molecule has 207 valence electrons. The zero-order chi connectivity index (χ0) is 28.0. The minimum Gasteiger partial charge on any atom is -0.456 e. The molecule has 0 unspecified atom stereocenters. The van der Waals surface area contributed by atoms with Crippen molar-refractivity contribution < 1.29 is 24.5 Å². The van der Waals surface area contributed by atoms with Crippen molar-refractivity contribution >= 4 is 11.0 Å². The van der Waals surface area contributed by atoms with Crippen molar-refractivity contribution in [3.05, 3.63) is 151 Å². The molecule has 42 heavy (non-hydrogen) atoms. The third kappa shape index (κ3) is 6.44. The van der Waals surface area contributed by atoms with Gasteiger partial charge in [0.2, 0.25) is 0 Å². The molecule has 0 N–H and O–H groups in total. The Morgan fingerprint density at radius 2 is 1.43 bits per heavy atom. The molecule has 0 bridgehead atoms. The van der Waals surface area contributed by atoms with E-state index in [0.717, 1.165) is 50.4 Å². The largest absolute Gasteiger partial charge is 0.456 e. The molecule has 0 atom stereocenters. The molecule has 0 amide bonds. The van der Waals surface area contributed by atoms with Crippen LogP contribution in [0, 0.1) is 26.0 Å². The van der Waals surface area contributed by atoms with Gasteiger partial charge in [-0.15, -0.1) is 71.3 Å². The van der Waals surface area contributed by atoms with Gasteiger partial charge in [0, 0.05) is 55.8 Å². The van der Waals surface area contributed by atoms with Gasteiger partial charge < -0.3 is 14.4 Å². The minimum absolute atomic E-state index is 0. The predicted octanol–water partition coefficient (Wildman–Crippen LogP) is 9.19. The molecule has 4 nitrogen and oxygen atoms in total. The van der Waals surface area contributed by atoms with E-state index in [-0.39, 0.29) is 20.1 Å². The van der Waals surface area contributed by atoms with Crippen LogP contribution in [0.1, 0.15) is 11.1 Å². The summed E-state index contributed by atoms with van der Waals surface area (Å²) < 4.78 is 6.09. The summed E-state index contributed by atoms with van der Waals surface area (Å²) in [6.07, 6.45) is 7.19. The van der Waals surface area contributed by atoms with Crippen molar-refractivity contribution in [3.63, 3.8) is 0 Å². The molecule has 3 aromatic carbocycles. The van der Waals surface area contributed by atoms with Crippen LogP contribution in [0.2, 0.25) is 0 Å².